The van der Waals surface area contributed by atoms with E-state index in [1.807, 2.05) is 0 Å². The smallest absolute Gasteiger partial charge is 0.0223 e. The normalized spacial score (nSPS) is 27.2. The minimum atomic E-state index is 0.450. The molecule has 0 aliphatic heterocycles. The van der Waals surface area contributed by atoms with Gasteiger partial charge in [-0.25, -0.2) is 0 Å². The number of hydrogen-bond acceptors (Lipinski definition) is 3. The van der Waals surface area contributed by atoms with Gasteiger partial charge in [-0.05, 0) is 18.3 Å². The lowest BCUT2D eigenvalue weighted by molar-refractivity contribution is 0.225. The quantitative estimate of drug-likeness (QED) is 0.278. The van der Waals surface area contributed by atoms with E-state index < -0.39 is 0 Å². The van der Waals surface area contributed by atoms with E-state index in [1.165, 1.54) is 32.1 Å². The van der Waals surface area contributed by atoms with E-state index in [0.29, 0.717) is 11.5 Å². The summed E-state index contributed by atoms with van der Waals surface area (Å²) in [6.07, 6.45) is 6.83. The maximum absolute atomic E-state index is 5.25. The van der Waals surface area contributed by atoms with E-state index in [0.717, 1.165) is 13.1 Å². The molecule has 14 heavy (non-hydrogen) atoms. The van der Waals surface area contributed by atoms with Crippen LogP contribution in [0.25, 0.3) is 0 Å². The van der Waals surface area contributed by atoms with Crippen LogP contribution >= 0.6 is 0 Å². The summed E-state index contributed by atoms with van der Waals surface area (Å²) >= 11 is 0. The Morgan fingerprint density at radius 2 is 2.00 bits per heavy atom. The van der Waals surface area contributed by atoms with E-state index >= 15 is 0 Å². The fourth-order valence-corrected chi connectivity index (χ4v) is 2.37. The molecule has 0 aromatic heterocycles. The van der Waals surface area contributed by atoms with Crippen LogP contribution in [-0.2, 0) is 0 Å². The molecule has 3 heteroatoms. The number of rotatable bonds is 4. The molecule has 4 N–H and O–H groups in total. The number of hydrazine groups is 1. The van der Waals surface area contributed by atoms with Gasteiger partial charge in [0, 0.05) is 19.1 Å². The Balaban J connectivity index is 2.37. The van der Waals surface area contributed by atoms with Gasteiger partial charge >= 0.3 is 0 Å². The zero-order valence-electron chi connectivity index (χ0n) is 9.60. The molecule has 0 aromatic rings. The van der Waals surface area contributed by atoms with Gasteiger partial charge in [0.15, 0.2) is 0 Å². The van der Waals surface area contributed by atoms with Gasteiger partial charge < -0.3 is 5.32 Å². The summed E-state index contributed by atoms with van der Waals surface area (Å²) in [6, 6.07) is 0.665. The van der Waals surface area contributed by atoms with Gasteiger partial charge in [-0.2, -0.15) is 0 Å². The highest BCUT2D eigenvalue weighted by Crippen LogP contribution is 2.33. The Labute approximate surface area is 87.8 Å². The number of nitrogens with one attached hydrogen (secondary N) is 2. The first-order valence-electron chi connectivity index (χ1n) is 5.83. The van der Waals surface area contributed by atoms with E-state index in [-0.39, 0.29) is 0 Å². The lowest BCUT2D eigenvalue weighted by atomic mass is 9.80. The van der Waals surface area contributed by atoms with Crippen molar-refractivity contribution in [3.8, 4) is 0 Å². The highest BCUT2D eigenvalue weighted by Gasteiger charge is 2.29. The molecule has 0 bridgehead atoms. The summed E-state index contributed by atoms with van der Waals surface area (Å²) in [5.41, 5.74) is 3.14. The first-order chi connectivity index (χ1) is 6.67. The van der Waals surface area contributed by atoms with Gasteiger partial charge in [-0.1, -0.05) is 33.1 Å². The Bertz CT molecular complexity index is 157. The SMILES string of the molecule is CC1(C)CCCCCC1NCCNN. The topological polar surface area (TPSA) is 50.1 Å². The zero-order chi connectivity index (χ0) is 10.4. The van der Waals surface area contributed by atoms with Crippen LogP contribution in [0.5, 0.6) is 0 Å². The molecule has 1 unspecified atom stereocenters. The highest BCUT2D eigenvalue weighted by molar-refractivity contribution is 4.86. The Kier molecular flexibility index (Phi) is 4.85. The van der Waals surface area contributed by atoms with Gasteiger partial charge in [0.1, 0.15) is 0 Å². The van der Waals surface area contributed by atoms with E-state index in [9.17, 15) is 0 Å². The Morgan fingerprint density at radius 1 is 1.21 bits per heavy atom. The lowest BCUT2D eigenvalue weighted by Gasteiger charge is -2.33. The first-order valence-corrected chi connectivity index (χ1v) is 5.83. The van der Waals surface area contributed by atoms with Crippen LogP contribution in [0.1, 0.15) is 46.0 Å². The van der Waals surface area contributed by atoms with Gasteiger partial charge in [0.05, 0.1) is 0 Å². The standard InChI is InChI=1S/C11H25N3/c1-11(2)7-5-3-4-6-10(11)13-8-9-14-12/h10,13-14H,3-9,12H2,1-2H3. The molecule has 1 aliphatic rings. The molecule has 1 rings (SSSR count). The molecule has 0 saturated heterocycles. The summed E-state index contributed by atoms with van der Waals surface area (Å²) in [5.74, 6) is 5.25. The van der Waals surface area contributed by atoms with E-state index in [1.54, 1.807) is 0 Å². The van der Waals surface area contributed by atoms with Crippen LogP contribution in [0.2, 0.25) is 0 Å². The van der Waals surface area contributed by atoms with Crippen LogP contribution in [-0.4, -0.2) is 19.1 Å². The molecular formula is C11H25N3. The second-order valence-corrected chi connectivity index (χ2v) is 5.05. The molecule has 0 spiro atoms. The second kappa shape index (κ2) is 5.69. The van der Waals surface area contributed by atoms with Crippen LogP contribution in [0.15, 0.2) is 0 Å². The molecule has 84 valence electrons. The van der Waals surface area contributed by atoms with Crippen LogP contribution in [0.4, 0.5) is 0 Å². The largest absolute Gasteiger partial charge is 0.312 e. The number of nitrogens with two attached hydrogens (primary N) is 1. The third kappa shape index (κ3) is 3.56. The van der Waals surface area contributed by atoms with Gasteiger partial charge in [0.25, 0.3) is 0 Å². The monoisotopic (exact) mass is 199 g/mol. The minimum absolute atomic E-state index is 0.450. The third-order valence-electron chi connectivity index (χ3n) is 3.42. The lowest BCUT2D eigenvalue weighted by Crippen LogP contribution is -2.44. The summed E-state index contributed by atoms with van der Waals surface area (Å²) in [7, 11) is 0. The molecule has 1 atom stereocenters. The summed E-state index contributed by atoms with van der Waals surface area (Å²) in [6.45, 7) is 6.59. The van der Waals surface area contributed by atoms with Crippen molar-refractivity contribution in [2.75, 3.05) is 13.1 Å². The zero-order valence-corrected chi connectivity index (χ0v) is 9.60. The average molecular weight is 199 g/mol. The molecule has 0 aromatic carbocycles. The van der Waals surface area contributed by atoms with Crippen molar-refractivity contribution < 1.29 is 0 Å². The maximum Gasteiger partial charge on any atom is 0.0223 e. The van der Waals surface area contributed by atoms with Crippen LogP contribution in [0, 0.1) is 5.41 Å². The molecule has 0 amide bonds. The maximum atomic E-state index is 5.25. The van der Waals surface area contributed by atoms with Crippen LogP contribution < -0.4 is 16.6 Å². The van der Waals surface area contributed by atoms with Crippen molar-refractivity contribution in [2.45, 2.75) is 52.0 Å². The highest BCUT2D eigenvalue weighted by atomic mass is 15.2. The molecule has 1 saturated carbocycles. The van der Waals surface area contributed by atoms with Crippen molar-refractivity contribution in [2.24, 2.45) is 11.3 Å². The molecule has 1 aliphatic carbocycles. The van der Waals surface area contributed by atoms with Gasteiger partial charge in [-0.15, -0.1) is 0 Å². The van der Waals surface area contributed by atoms with Crippen molar-refractivity contribution >= 4 is 0 Å². The van der Waals surface area contributed by atoms with E-state index in [4.69, 9.17) is 5.84 Å². The second-order valence-electron chi connectivity index (χ2n) is 5.05. The first kappa shape index (κ1) is 12.0. The Morgan fingerprint density at radius 3 is 2.71 bits per heavy atom. The fraction of sp³-hybridized carbons (Fsp3) is 1.00. The average Bonchev–Trinajstić information content (AvgIpc) is 2.29. The fourth-order valence-electron chi connectivity index (χ4n) is 2.37. The van der Waals surface area contributed by atoms with Crippen LogP contribution in [0.3, 0.4) is 0 Å². The molecule has 1 fully saturated rings. The molecule has 0 heterocycles. The van der Waals surface area contributed by atoms with Gasteiger partial charge in [-0.3, -0.25) is 11.3 Å². The summed E-state index contributed by atoms with van der Waals surface area (Å²) < 4.78 is 0. The van der Waals surface area contributed by atoms with Crippen molar-refractivity contribution in [1.29, 1.82) is 0 Å². The molecule has 0 radical (unpaired) electrons. The summed E-state index contributed by atoms with van der Waals surface area (Å²) in [5, 5.41) is 3.61. The predicted molar refractivity (Wildman–Crippen MR) is 60.8 cm³/mol. The van der Waals surface area contributed by atoms with Crippen molar-refractivity contribution in [3.05, 3.63) is 0 Å². The van der Waals surface area contributed by atoms with Crippen molar-refractivity contribution in [1.82, 2.24) is 10.7 Å². The molecule has 3 nitrogen and oxygen atoms in total. The van der Waals surface area contributed by atoms with Crippen molar-refractivity contribution in [3.63, 3.8) is 0 Å². The minimum Gasteiger partial charge on any atom is -0.312 e. The number of hydrogen-bond donors (Lipinski definition) is 3. The predicted octanol–water partition coefficient (Wildman–Crippen LogP) is 1.40. The summed E-state index contributed by atoms with van der Waals surface area (Å²) in [4.78, 5) is 0. The van der Waals surface area contributed by atoms with E-state index in [2.05, 4.69) is 24.6 Å². The third-order valence-corrected chi connectivity index (χ3v) is 3.42. The van der Waals surface area contributed by atoms with Gasteiger partial charge in [0.2, 0.25) is 0 Å². The Hall–Kier alpha value is -0.120. The molecular weight excluding hydrogens is 174 g/mol.